The summed E-state index contributed by atoms with van der Waals surface area (Å²) in [5, 5.41) is 0. The van der Waals surface area contributed by atoms with Crippen LogP contribution in [0.5, 0.6) is 11.5 Å². The number of esters is 2. The largest absolute Gasteiger partial charge is 0.497 e. The van der Waals surface area contributed by atoms with Crippen molar-refractivity contribution in [3.63, 3.8) is 0 Å². The van der Waals surface area contributed by atoms with Gasteiger partial charge in [0.15, 0.2) is 24.7 Å². The molecule has 6 aromatic rings. The maximum atomic E-state index is 15.7. The Labute approximate surface area is 490 Å². The highest BCUT2D eigenvalue weighted by Gasteiger charge is 2.55. The Morgan fingerprint density at radius 2 is 0.940 bits per heavy atom. The topological polar surface area (TPSA) is 167 Å². The Hall–Kier alpha value is -7.70. The van der Waals surface area contributed by atoms with E-state index in [1.165, 1.54) is 0 Å². The van der Waals surface area contributed by atoms with Crippen molar-refractivity contribution < 1.29 is 66.5 Å². The molecule has 5 aliphatic rings. The van der Waals surface area contributed by atoms with Gasteiger partial charge in [-0.25, -0.2) is 9.59 Å². The fraction of sp³-hybridized carbons (Fsp3) is 0.382. The smallest absolute Gasteiger partial charge is 0.338 e. The zero-order valence-electron chi connectivity index (χ0n) is 47.9. The molecule has 0 spiro atoms. The molecule has 6 aromatic carbocycles. The van der Waals surface area contributed by atoms with Gasteiger partial charge in [-0.05, 0) is 122 Å². The van der Waals surface area contributed by atoms with Crippen LogP contribution in [0.25, 0.3) is 0 Å². The molecule has 16 heteroatoms. The fourth-order valence-electron chi connectivity index (χ4n) is 13.4. The van der Waals surface area contributed by atoms with Crippen molar-refractivity contribution in [1.29, 1.82) is 0 Å². The number of amides is 2. The maximum absolute atomic E-state index is 15.7. The van der Waals surface area contributed by atoms with Gasteiger partial charge in [0.05, 0.1) is 38.5 Å². The number of rotatable bonds is 18. The number of hydrogen-bond donors (Lipinski definition) is 0. The van der Waals surface area contributed by atoms with Gasteiger partial charge in [0.25, 0.3) is 11.8 Å². The lowest BCUT2D eigenvalue weighted by molar-refractivity contribution is -0.192. The summed E-state index contributed by atoms with van der Waals surface area (Å²) in [7, 11) is 6.35. The van der Waals surface area contributed by atoms with Crippen molar-refractivity contribution in [3.05, 3.63) is 214 Å². The van der Waals surface area contributed by atoms with Gasteiger partial charge in [-0.1, -0.05) is 128 Å². The summed E-state index contributed by atoms with van der Waals surface area (Å²) in [6.45, 7) is 2.01. The molecule has 3 aliphatic carbocycles. The summed E-state index contributed by atoms with van der Waals surface area (Å²) in [6.07, 6.45) is -3.49. The van der Waals surface area contributed by atoms with Gasteiger partial charge in [-0.15, -0.1) is 0 Å². The van der Waals surface area contributed by atoms with Gasteiger partial charge in [-0.2, -0.15) is 0 Å². The summed E-state index contributed by atoms with van der Waals surface area (Å²) in [5.41, 5.74) is 5.00. The Morgan fingerprint density at radius 1 is 0.500 bits per heavy atom. The molecule has 0 radical (unpaired) electrons. The fourth-order valence-corrected chi connectivity index (χ4v) is 13.4. The van der Waals surface area contributed by atoms with Crippen LogP contribution in [0.15, 0.2) is 181 Å². The number of hydrogen-bond acceptors (Lipinski definition) is 14. The minimum Gasteiger partial charge on any atom is -0.497 e. The van der Waals surface area contributed by atoms with Gasteiger partial charge in [0, 0.05) is 42.4 Å². The van der Waals surface area contributed by atoms with Crippen LogP contribution in [-0.4, -0.2) is 112 Å². The minimum atomic E-state index is -1.30. The second kappa shape index (κ2) is 26.5. The number of methoxy groups -OCH3 is 4. The molecular weight excluding hydrogens is 1070 g/mol. The Bertz CT molecular complexity index is 3220. The molecule has 84 heavy (non-hydrogen) atoms. The van der Waals surface area contributed by atoms with Gasteiger partial charge in [0.2, 0.25) is 0 Å². The molecule has 2 heterocycles. The van der Waals surface area contributed by atoms with Crippen molar-refractivity contribution in [1.82, 2.24) is 9.80 Å². The van der Waals surface area contributed by atoms with Crippen LogP contribution in [0.1, 0.15) is 113 Å². The summed E-state index contributed by atoms with van der Waals surface area (Å²) in [6, 6.07) is 49.4. The molecule has 2 amide bonds. The van der Waals surface area contributed by atoms with Crippen LogP contribution in [0, 0.1) is 17.8 Å². The lowest BCUT2D eigenvalue weighted by Crippen LogP contribution is -2.52. The molecule has 0 aromatic heterocycles. The molecule has 2 aliphatic heterocycles. The van der Waals surface area contributed by atoms with Gasteiger partial charge < -0.3 is 47.4 Å². The standard InChI is InChI=1S/C68H72N2O14/c1-42-53-37-50(39-55(42)81-67(73)61-58(43-19-10-6-11-20-43)69(63(71)45-23-14-8-15-24-45)65(83-61)47-29-33-51(77-4)34-30-47)60(80-41-76-3)57-49(27-18-28-54(57)79-40-75-2)38-56(53)82-68(74)62-59(44-21-12-7-13-22-44)70(64(72)46-25-16-9-17-26-46)66(84-62)48-31-35-52(78-5)36-32-48/h6-17,19-26,29-36,49-50,54-62,65-66H,18,27-28,37-41H2,1-5H3/t49-,50?,54?,55+,56?,57?,58+,59?,60?,61?,62-,65?,66?/m1/s1. The maximum Gasteiger partial charge on any atom is 0.338 e. The summed E-state index contributed by atoms with van der Waals surface area (Å²) < 4.78 is 63.2. The van der Waals surface area contributed by atoms with Gasteiger partial charge >= 0.3 is 11.9 Å². The van der Waals surface area contributed by atoms with Crippen molar-refractivity contribution in [3.8, 4) is 11.5 Å². The van der Waals surface area contributed by atoms with Crippen molar-refractivity contribution >= 4 is 23.8 Å². The molecule has 9 unspecified atom stereocenters. The quantitative estimate of drug-likeness (QED) is 0.0453. The molecule has 2 saturated carbocycles. The second-order valence-electron chi connectivity index (χ2n) is 22.1. The van der Waals surface area contributed by atoms with E-state index in [2.05, 4.69) is 0 Å². The number of carbonyl (C=O) groups is 4. The molecule has 11 rings (SSSR count). The molecule has 16 nitrogen and oxygen atoms in total. The van der Waals surface area contributed by atoms with Crippen LogP contribution in [0.4, 0.5) is 0 Å². The third-order valence-corrected chi connectivity index (χ3v) is 17.4. The minimum absolute atomic E-state index is 0.00242. The molecule has 0 N–H and O–H groups in total. The lowest BCUT2D eigenvalue weighted by atomic mass is 9.63. The average molecular weight is 1140 g/mol. The number of nitrogens with zero attached hydrogens (tertiary/aromatic N) is 2. The van der Waals surface area contributed by atoms with E-state index < -0.39 is 67.0 Å². The van der Waals surface area contributed by atoms with E-state index in [9.17, 15) is 4.79 Å². The molecule has 13 atom stereocenters. The predicted octanol–water partition coefficient (Wildman–Crippen LogP) is 11.3. The molecular formula is C68H72N2O14. The van der Waals surface area contributed by atoms with Crippen molar-refractivity contribution in [2.45, 2.75) is 107 Å². The van der Waals surface area contributed by atoms with Crippen molar-refractivity contribution in [2.24, 2.45) is 17.8 Å². The first-order valence-corrected chi connectivity index (χ1v) is 28.8. The first-order chi connectivity index (χ1) is 41.1. The number of carbonyl (C=O) groups excluding carboxylic acids is 4. The Kier molecular flexibility index (Phi) is 18.3. The summed E-state index contributed by atoms with van der Waals surface area (Å²) >= 11 is 0. The van der Waals surface area contributed by atoms with Crippen LogP contribution in [0.3, 0.4) is 0 Å². The molecule has 438 valence electrons. The van der Waals surface area contributed by atoms with E-state index >= 15 is 14.4 Å². The first kappa shape index (κ1) is 58.1. The van der Waals surface area contributed by atoms with Crippen LogP contribution < -0.4 is 9.47 Å². The second-order valence-corrected chi connectivity index (χ2v) is 22.1. The van der Waals surface area contributed by atoms with Crippen LogP contribution >= 0.6 is 0 Å². The Morgan fingerprint density at radius 3 is 1.40 bits per heavy atom. The zero-order chi connectivity index (χ0) is 58.3. The van der Waals surface area contributed by atoms with Crippen molar-refractivity contribution in [2.75, 3.05) is 42.0 Å². The highest BCUT2D eigenvalue weighted by Crippen LogP contribution is 2.52. The highest BCUT2D eigenvalue weighted by atomic mass is 16.7. The first-order valence-electron chi connectivity index (χ1n) is 28.8. The monoisotopic (exact) mass is 1140 g/mol. The SMILES string of the molecule is COCOC1CCC[C@@H]2CC(OC(=O)[C@@H]3OC(c4ccc(OC)cc4)N(C(=O)c4ccccc4)C3c3ccccc3)C3=C(C)[C@@H](OC(=O)C4OC(c5ccc(OC)cc5)N(C(=O)c5ccccc5)[C@H]4c4ccccc4)CC(C3)C(OCOC)C12. The van der Waals surface area contributed by atoms with Crippen LogP contribution in [-0.2, 0) is 47.5 Å². The van der Waals surface area contributed by atoms with Crippen LogP contribution in [0.2, 0.25) is 0 Å². The molecule has 4 fully saturated rings. The highest BCUT2D eigenvalue weighted by molar-refractivity contribution is 5.96. The lowest BCUT2D eigenvalue weighted by Gasteiger charge is -2.50. The van der Waals surface area contributed by atoms with Gasteiger partial charge in [-0.3, -0.25) is 19.4 Å². The Balaban J connectivity index is 0.988. The summed E-state index contributed by atoms with van der Waals surface area (Å²) in [4.78, 5) is 64.6. The zero-order valence-corrected chi connectivity index (χ0v) is 47.9. The van der Waals surface area contributed by atoms with E-state index in [0.717, 1.165) is 30.4 Å². The molecule has 2 saturated heterocycles. The van der Waals surface area contributed by atoms with E-state index in [0.29, 0.717) is 64.1 Å². The third kappa shape index (κ3) is 12.0. The normalized spacial score (nSPS) is 27.5. The predicted molar refractivity (Wildman–Crippen MR) is 309 cm³/mol. The number of fused-ring (bicyclic) bond motifs is 3. The number of ether oxygens (including phenoxy) is 10. The number of benzene rings is 6. The van der Waals surface area contributed by atoms with E-state index in [4.69, 9.17) is 47.4 Å². The van der Waals surface area contributed by atoms with E-state index in [1.807, 2.05) is 104 Å². The molecule has 2 bridgehead atoms. The average Bonchev–Trinajstić information content (AvgIpc) is 2.04. The summed E-state index contributed by atoms with van der Waals surface area (Å²) in [5.74, 6) is -1.34. The van der Waals surface area contributed by atoms with E-state index in [-0.39, 0.29) is 49.3 Å². The van der Waals surface area contributed by atoms with E-state index in [1.54, 1.807) is 111 Å². The third-order valence-electron chi connectivity index (χ3n) is 17.4. The van der Waals surface area contributed by atoms with Gasteiger partial charge in [0.1, 0.15) is 37.3 Å².